The van der Waals surface area contributed by atoms with E-state index in [9.17, 15) is 0 Å². The zero-order chi connectivity index (χ0) is 11.5. The molecule has 1 fully saturated rings. The van der Waals surface area contributed by atoms with Crippen molar-refractivity contribution >= 4 is 22.9 Å². The molecule has 0 radical (unpaired) electrons. The summed E-state index contributed by atoms with van der Waals surface area (Å²) in [7, 11) is 0. The first-order chi connectivity index (χ1) is 7.68. The third kappa shape index (κ3) is 2.32. The fourth-order valence-corrected chi connectivity index (χ4v) is 2.33. The minimum Gasteiger partial charge on any atom is -0.388 e. The number of hydrogen-bond donors (Lipinski definition) is 1. The molecule has 1 aromatic heterocycles. The highest BCUT2D eigenvalue weighted by molar-refractivity contribution is 7.80. The predicted molar refractivity (Wildman–Crippen MR) is 70.8 cm³/mol. The van der Waals surface area contributed by atoms with Gasteiger partial charge >= 0.3 is 0 Å². The van der Waals surface area contributed by atoms with E-state index in [2.05, 4.69) is 16.8 Å². The van der Waals surface area contributed by atoms with E-state index in [-0.39, 0.29) is 0 Å². The van der Waals surface area contributed by atoms with Crippen LogP contribution in [0.15, 0.2) is 18.3 Å². The Balaban J connectivity index is 2.25. The second kappa shape index (κ2) is 4.78. The van der Waals surface area contributed by atoms with Gasteiger partial charge in [0.15, 0.2) is 0 Å². The van der Waals surface area contributed by atoms with Gasteiger partial charge in [0, 0.05) is 24.5 Å². The Hall–Kier alpha value is -1.16. The van der Waals surface area contributed by atoms with Crippen LogP contribution in [0.4, 0.5) is 5.69 Å². The summed E-state index contributed by atoms with van der Waals surface area (Å²) >= 11 is 4.95. The summed E-state index contributed by atoms with van der Waals surface area (Å²) in [6, 6.07) is 4.61. The van der Waals surface area contributed by atoms with Gasteiger partial charge in [-0.05, 0) is 38.3 Å². The molecule has 2 N–H and O–H groups in total. The topological polar surface area (TPSA) is 42.2 Å². The van der Waals surface area contributed by atoms with Crippen LogP contribution in [0.2, 0.25) is 0 Å². The van der Waals surface area contributed by atoms with Crippen molar-refractivity contribution in [3.63, 3.8) is 0 Å². The summed E-state index contributed by atoms with van der Waals surface area (Å²) in [5.41, 5.74) is 7.50. The van der Waals surface area contributed by atoms with Gasteiger partial charge in [-0.15, -0.1) is 0 Å². The quantitative estimate of drug-likeness (QED) is 0.797. The Labute approximate surface area is 102 Å². The molecule has 86 valence electrons. The van der Waals surface area contributed by atoms with E-state index in [0.717, 1.165) is 6.54 Å². The van der Waals surface area contributed by atoms with Crippen molar-refractivity contribution in [2.45, 2.75) is 32.2 Å². The number of hydrogen-bond acceptors (Lipinski definition) is 3. The normalized spacial score (nSPS) is 20.8. The number of aromatic nitrogens is 1. The molecule has 0 amide bonds. The van der Waals surface area contributed by atoms with E-state index in [1.165, 1.54) is 24.9 Å². The molecular formula is C12H17N3S. The van der Waals surface area contributed by atoms with Crippen LogP contribution in [0.25, 0.3) is 0 Å². The molecule has 2 heterocycles. The predicted octanol–water partition coefficient (Wildman–Crippen LogP) is 2.09. The first-order valence-corrected chi connectivity index (χ1v) is 6.12. The Kier molecular flexibility index (Phi) is 3.39. The average molecular weight is 235 g/mol. The molecule has 0 saturated carbocycles. The van der Waals surface area contributed by atoms with Crippen molar-refractivity contribution < 1.29 is 0 Å². The number of anilines is 1. The number of thiocarbonyl (C=S) groups is 1. The van der Waals surface area contributed by atoms with Gasteiger partial charge in [0.25, 0.3) is 0 Å². The van der Waals surface area contributed by atoms with E-state index in [1.54, 1.807) is 6.20 Å². The van der Waals surface area contributed by atoms with Crippen molar-refractivity contribution in [3.05, 3.63) is 24.0 Å². The molecule has 1 aliphatic heterocycles. The van der Waals surface area contributed by atoms with Crippen LogP contribution in [0.3, 0.4) is 0 Å². The van der Waals surface area contributed by atoms with Crippen molar-refractivity contribution in [2.24, 2.45) is 5.73 Å². The summed E-state index contributed by atoms with van der Waals surface area (Å²) in [5, 5.41) is 0. The third-order valence-corrected chi connectivity index (χ3v) is 3.34. The maximum absolute atomic E-state index is 5.60. The zero-order valence-corrected chi connectivity index (χ0v) is 10.3. The van der Waals surface area contributed by atoms with Gasteiger partial charge in [0.2, 0.25) is 0 Å². The molecule has 16 heavy (non-hydrogen) atoms. The van der Waals surface area contributed by atoms with Crippen molar-refractivity contribution in [1.82, 2.24) is 4.98 Å². The minimum absolute atomic E-state index is 0.367. The molecule has 1 saturated heterocycles. The molecule has 2 rings (SSSR count). The number of rotatable bonds is 2. The molecular weight excluding hydrogens is 218 g/mol. The van der Waals surface area contributed by atoms with Crippen LogP contribution in [-0.2, 0) is 0 Å². The molecule has 1 atom stereocenters. The van der Waals surface area contributed by atoms with Gasteiger partial charge in [-0.2, -0.15) is 0 Å². The lowest BCUT2D eigenvalue weighted by atomic mass is 10.0. The molecule has 0 spiro atoms. The average Bonchev–Trinajstić information content (AvgIpc) is 2.30. The number of nitrogens with zero attached hydrogens (tertiary/aromatic N) is 2. The smallest absolute Gasteiger partial charge is 0.122 e. The lowest BCUT2D eigenvalue weighted by Crippen LogP contribution is -2.37. The Morgan fingerprint density at radius 2 is 2.38 bits per heavy atom. The van der Waals surface area contributed by atoms with E-state index in [1.807, 2.05) is 12.1 Å². The van der Waals surface area contributed by atoms with Gasteiger partial charge in [-0.25, -0.2) is 0 Å². The lowest BCUT2D eigenvalue weighted by Gasteiger charge is -2.35. The zero-order valence-electron chi connectivity index (χ0n) is 9.52. The standard InChI is InChI=1S/C12H17N3S/c1-9-4-2-3-7-15(9)10-5-6-14-11(8-10)12(13)16/h5-6,8-9H,2-4,7H2,1H3,(H2,13,16). The second-order valence-corrected chi connectivity index (χ2v) is 4.74. The van der Waals surface area contributed by atoms with Crippen LogP contribution in [0.5, 0.6) is 0 Å². The van der Waals surface area contributed by atoms with E-state index >= 15 is 0 Å². The summed E-state index contributed by atoms with van der Waals surface area (Å²) in [6.45, 7) is 3.38. The van der Waals surface area contributed by atoms with E-state index < -0.39 is 0 Å². The number of pyridine rings is 1. The van der Waals surface area contributed by atoms with Gasteiger partial charge < -0.3 is 10.6 Å². The molecule has 4 heteroatoms. The third-order valence-electron chi connectivity index (χ3n) is 3.13. The van der Waals surface area contributed by atoms with Crippen LogP contribution in [0.1, 0.15) is 31.9 Å². The SMILES string of the molecule is CC1CCCCN1c1ccnc(C(N)=S)c1. The van der Waals surface area contributed by atoms with Crippen LogP contribution < -0.4 is 10.6 Å². The Morgan fingerprint density at radius 3 is 3.06 bits per heavy atom. The molecule has 1 aliphatic rings. The molecule has 0 aromatic carbocycles. The van der Waals surface area contributed by atoms with Gasteiger partial charge in [-0.1, -0.05) is 12.2 Å². The summed E-state index contributed by atoms with van der Waals surface area (Å²) in [4.78, 5) is 6.94. The van der Waals surface area contributed by atoms with Crippen LogP contribution in [-0.4, -0.2) is 22.6 Å². The lowest BCUT2D eigenvalue weighted by molar-refractivity contribution is 0.485. The molecule has 0 bridgehead atoms. The van der Waals surface area contributed by atoms with Gasteiger partial charge in [-0.3, -0.25) is 4.98 Å². The first kappa shape index (κ1) is 11.3. The summed E-state index contributed by atoms with van der Waals surface area (Å²) in [6.07, 6.45) is 5.62. The molecule has 1 aromatic rings. The highest BCUT2D eigenvalue weighted by atomic mass is 32.1. The number of piperidine rings is 1. The maximum atomic E-state index is 5.60. The summed E-state index contributed by atoms with van der Waals surface area (Å²) in [5.74, 6) is 0. The first-order valence-electron chi connectivity index (χ1n) is 5.71. The number of nitrogens with two attached hydrogens (primary N) is 1. The van der Waals surface area contributed by atoms with Crippen LogP contribution >= 0.6 is 12.2 Å². The fraction of sp³-hybridized carbons (Fsp3) is 0.500. The Bertz CT molecular complexity index is 392. The van der Waals surface area contributed by atoms with Crippen molar-refractivity contribution in [3.8, 4) is 0 Å². The minimum atomic E-state index is 0.367. The van der Waals surface area contributed by atoms with Gasteiger partial charge in [0.1, 0.15) is 4.99 Å². The van der Waals surface area contributed by atoms with Crippen molar-refractivity contribution in [2.75, 3.05) is 11.4 Å². The molecule has 1 unspecified atom stereocenters. The monoisotopic (exact) mass is 235 g/mol. The largest absolute Gasteiger partial charge is 0.388 e. The Morgan fingerprint density at radius 1 is 1.56 bits per heavy atom. The fourth-order valence-electron chi connectivity index (χ4n) is 2.21. The molecule has 3 nitrogen and oxygen atoms in total. The maximum Gasteiger partial charge on any atom is 0.122 e. The van der Waals surface area contributed by atoms with Gasteiger partial charge in [0.05, 0.1) is 5.69 Å². The second-order valence-electron chi connectivity index (χ2n) is 4.30. The highest BCUT2D eigenvalue weighted by Gasteiger charge is 2.18. The van der Waals surface area contributed by atoms with Crippen molar-refractivity contribution in [1.29, 1.82) is 0 Å². The molecule has 0 aliphatic carbocycles. The highest BCUT2D eigenvalue weighted by Crippen LogP contribution is 2.24. The van der Waals surface area contributed by atoms with E-state index in [0.29, 0.717) is 16.7 Å². The summed E-state index contributed by atoms with van der Waals surface area (Å²) < 4.78 is 0. The van der Waals surface area contributed by atoms with E-state index in [4.69, 9.17) is 18.0 Å². The van der Waals surface area contributed by atoms with Crippen LogP contribution in [0, 0.1) is 0 Å².